The van der Waals surface area contributed by atoms with E-state index in [2.05, 4.69) is 71.3 Å². The van der Waals surface area contributed by atoms with Crippen LogP contribution in [0, 0.1) is 5.82 Å². The molecular formula is C34H41FN2O. The molecule has 0 bridgehead atoms. The first kappa shape index (κ1) is 26.5. The molecule has 1 atom stereocenters. The fourth-order valence-corrected chi connectivity index (χ4v) is 5.74. The van der Waals surface area contributed by atoms with Crippen LogP contribution in [-0.4, -0.2) is 37.7 Å². The highest BCUT2D eigenvalue weighted by atomic mass is 19.1. The van der Waals surface area contributed by atoms with Crippen molar-refractivity contribution >= 4 is 11.8 Å². The largest absolute Gasteiger partial charge is 0.494 e. The number of halogens is 1. The summed E-state index contributed by atoms with van der Waals surface area (Å²) in [4.78, 5) is 4.98. The van der Waals surface area contributed by atoms with Crippen LogP contribution in [0.5, 0.6) is 5.75 Å². The smallest absolute Gasteiger partial charge is 0.123 e. The van der Waals surface area contributed by atoms with Gasteiger partial charge in [0.2, 0.25) is 0 Å². The molecule has 0 aromatic heterocycles. The third-order valence-electron chi connectivity index (χ3n) is 7.93. The van der Waals surface area contributed by atoms with Gasteiger partial charge in [-0.1, -0.05) is 62.2 Å². The second-order valence-corrected chi connectivity index (χ2v) is 10.7. The third kappa shape index (κ3) is 6.85. The van der Waals surface area contributed by atoms with E-state index in [9.17, 15) is 4.39 Å². The maximum absolute atomic E-state index is 13.7. The molecular weight excluding hydrogens is 471 g/mol. The number of piperidine rings is 1. The van der Waals surface area contributed by atoms with Gasteiger partial charge >= 0.3 is 0 Å². The molecule has 4 heteroatoms. The number of hydrogen-bond donors (Lipinski definition) is 0. The van der Waals surface area contributed by atoms with Crippen LogP contribution in [0.4, 0.5) is 10.1 Å². The summed E-state index contributed by atoms with van der Waals surface area (Å²) in [5, 5.41) is 0. The average molecular weight is 513 g/mol. The van der Waals surface area contributed by atoms with Gasteiger partial charge < -0.3 is 9.64 Å². The Morgan fingerprint density at radius 1 is 0.921 bits per heavy atom. The standard InChI is InChI=1S/C34H41FN2O/c1-2-3-24-38-32-17-18-33-29(26-32)19-23-37(31-15-13-30(35)14-16-31)34(33)25-28-11-9-27(10-12-28)8-7-22-36-20-5-4-6-21-36/h7-18,26,34H,2-6,19-25H2,1H3/b8-7+. The molecule has 200 valence electrons. The van der Waals surface area contributed by atoms with Crippen molar-refractivity contribution < 1.29 is 9.13 Å². The maximum atomic E-state index is 13.7. The minimum atomic E-state index is -0.194. The Morgan fingerprint density at radius 3 is 2.47 bits per heavy atom. The first-order valence-electron chi connectivity index (χ1n) is 14.5. The summed E-state index contributed by atoms with van der Waals surface area (Å²) in [6.45, 7) is 7.34. The number of nitrogens with zero attached hydrogens (tertiary/aromatic N) is 2. The van der Waals surface area contributed by atoms with Gasteiger partial charge in [-0.2, -0.15) is 0 Å². The Hall–Kier alpha value is -3.11. The molecule has 5 rings (SSSR count). The summed E-state index contributed by atoms with van der Waals surface area (Å²) in [7, 11) is 0. The lowest BCUT2D eigenvalue weighted by atomic mass is 9.88. The predicted molar refractivity (Wildman–Crippen MR) is 157 cm³/mol. The van der Waals surface area contributed by atoms with Crippen molar-refractivity contribution in [2.24, 2.45) is 0 Å². The average Bonchev–Trinajstić information content (AvgIpc) is 2.95. The molecule has 0 spiro atoms. The van der Waals surface area contributed by atoms with Crippen LogP contribution >= 0.6 is 0 Å². The van der Waals surface area contributed by atoms with Crippen LogP contribution in [0.2, 0.25) is 0 Å². The Labute approximate surface area is 227 Å². The summed E-state index contributed by atoms with van der Waals surface area (Å²) in [6, 6.07) is 22.7. The number of unbranched alkanes of at least 4 members (excludes halogenated alkanes) is 1. The molecule has 1 fully saturated rings. The lowest BCUT2D eigenvalue weighted by molar-refractivity contribution is 0.252. The van der Waals surface area contributed by atoms with Gasteiger partial charge in [0, 0.05) is 18.8 Å². The van der Waals surface area contributed by atoms with Crippen molar-refractivity contribution in [2.75, 3.05) is 37.7 Å². The second-order valence-electron chi connectivity index (χ2n) is 10.7. The lowest BCUT2D eigenvalue weighted by Gasteiger charge is -2.39. The molecule has 2 heterocycles. The van der Waals surface area contributed by atoms with E-state index in [1.54, 1.807) is 12.1 Å². The normalized spacial score (nSPS) is 18.1. The Bertz CT molecular complexity index is 1180. The maximum Gasteiger partial charge on any atom is 0.123 e. The van der Waals surface area contributed by atoms with Crippen molar-refractivity contribution in [1.29, 1.82) is 0 Å². The molecule has 0 aliphatic carbocycles. The monoisotopic (exact) mass is 512 g/mol. The molecule has 1 saturated heterocycles. The zero-order chi connectivity index (χ0) is 26.2. The molecule has 3 nitrogen and oxygen atoms in total. The minimum Gasteiger partial charge on any atom is -0.494 e. The second kappa shape index (κ2) is 13.1. The van der Waals surface area contributed by atoms with E-state index in [4.69, 9.17) is 4.74 Å². The molecule has 0 amide bonds. The minimum absolute atomic E-state index is 0.189. The van der Waals surface area contributed by atoms with Gasteiger partial charge in [-0.25, -0.2) is 4.39 Å². The summed E-state index contributed by atoms with van der Waals surface area (Å²) >= 11 is 0. The molecule has 0 radical (unpaired) electrons. The number of hydrogen-bond acceptors (Lipinski definition) is 3. The molecule has 38 heavy (non-hydrogen) atoms. The van der Waals surface area contributed by atoms with E-state index in [0.29, 0.717) is 0 Å². The number of rotatable bonds is 10. The van der Waals surface area contributed by atoms with Crippen LogP contribution in [0.15, 0.2) is 72.8 Å². The Morgan fingerprint density at radius 2 is 1.71 bits per heavy atom. The zero-order valence-corrected chi connectivity index (χ0v) is 22.7. The first-order valence-corrected chi connectivity index (χ1v) is 14.5. The van der Waals surface area contributed by atoms with Gasteiger partial charge in [-0.05, 0) is 104 Å². The quantitative estimate of drug-likeness (QED) is 0.257. The number of anilines is 1. The highest BCUT2D eigenvalue weighted by molar-refractivity contribution is 5.54. The number of ether oxygens (including phenoxy) is 1. The molecule has 0 N–H and O–H groups in total. The summed E-state index contributed by atoms with van der Waals surface area (Å²) in [6.07, 6.45) is 12.6. The summed E-state index contributed by atoms with van der Waals surface area (Å²) < 4.78 is 19.7. The van der Waals surface area contributed by atoms with E-state index in [-0.39, 0.29) is 11.9 Å². The Kier molecular flexibility index (Phi) is 9.14. The van der Waals surface area contributed by atoms with Crippen molar-refractivity contribution in [3.8, 4) is 5.75 Å². The number of fused-ring (bicyclic) bond motifs is 1. The van der Waals surface area contributed by atoms with Crippen LogP contribution in [0.3, 0.4) is 0 Å². The van der Waals surface area contributed by atoms with E-state index in [1.165, 1.54) is 54.6 Å². The van der Waals surface area contributed by atoms with E-state index in [1.807, 2.05) is 12.1 Å². The van der Waals surface area contributed by atoms with E-state index < -0.39 is 0 Å². The Balaban J connectivity index is 1.33. The number of likely N-dealkylation sites (tertiary alicyclic amines) is 1. The summed E-state index contributed by atoms with van der Waals surface area (Å²) in [5.41, 5.74) is 6.33. The fourth-order valence-electron chi connectivity index (χ4n) is 5.74. The van der Waals surface area contributed by atoms with Crippen LogP contribution in [0.1, 0.15) is 67.3 Å². The SMILES string of the molecule is CCCCOc1ccc2c(c1)CCN(c1ccc(F)cc1)C2Cc1ccc(/C=C/CN2CCCCC2)cc1. The molecule has 3 aromatic rings. The molecule has 3 aromatic carbocycles. The van der Waals surface area contributed by atoms with E-state index >= 15 is 0 Å². The topological polar surface area (TPSA) is 15.7 Å². The summed E-state index contributed by atoms with van der Waals surface area (Å²) in [5.74, 6) is 0.771. The first-order chi connectivity index (χ1) is 18.7. The predicted octanol–water partition coefficient (Wildman–Crippen LogP) is 7.85. The molecule has 2 aliphatic rings. The van der Waals surface area contributed by atoms with Gasteiger partial charge in [-0.3, -0.25) is 4.90 Å². The van der Waals surface area contributed by atoms with Crippen LogP contribution in [-0.2, 0) is 12.8 Å². The molecule has 2 aliphatic heterocycles. The van der Waals surface area contributed by atoms with Crippen molar-refractivity contribution in [2.45, 2.75) is 57.9 Å². The zero-order valence-electron chi connectivity index (χ0n) is 22.7. The highest BCUT2D eigenvalue weighted by Crippen LogP contribution is 2.37. The van der Waals surface area contributed by atoms with E-state index in [0.717, 1.165) is 56.8 Å². The molecule has 1 unspecified atom stereocenters. The van der Waals surface area contributed by atoms with Gasteiger partial charge in [-0.15, -0.1) is 0 Å². The fraction of sp³-hybridized carbons (Fsp3) is 0.412. The van der Waals surface area contributed by atoms with Gasteiger partial charge in [0.05, 0.1) is 12.6 Å². The van der Waals surface area contributed by atoms with Gasteiger partial charge in [0.15, 0.2) is 0 Å². The number of benzene rings is 3. The van der Waals surface area contributed by atoms with Crippen LogP contribution < -0.4 is 9.64 Å². The molecule has 0 saturated carbocycles. The van der Waals surface area contributed by atoms with Crippen molar-refractivity contribution in [3.05, 3.63) is 101 Å². The van der Waals surface area contributed by atoms with Crippen molar-refractivity contribution in [3.63, 3.8) is 0 Å². The lowest BCUT2D eigenvalue weighted by Crippen LogP contribution is -2.36. The van der Waals surface area contributed by atoms with Crippen molar-refractivity contribution in [1.82, 2.24) is 4.90 Å². The highest BCUT2D eigenvalue weighted by Gasteiger charge is 2.28. The third-order valence-corrected chi connectivity index (χ3v) is 7.93. The van der Waals surface area contributed by atoms with Crippen LogP contribution in [0.25, 0.3) is 6.08 Å². The van der Waals surface area contributed by atoms with Gasteiger partial charge in [0.25, 0.3) is 0 Å². The van der Waals surface area contributed by atoms with Gasteiger partial charge in [0.1, 0.15) is 11.6 Å².